The summed E-state index contributed by atoms with van der Waals surface area (Å²) in [5.74, 6) is -0.451. The molecule has 1 heterocycles. The molecule has 1 aromatic heterocycles. The maximum Gasteiger partial charge on any atom is 0.248 e. The lowest BCUT2D eigenvalue weighted by molar-refractivity contribution is 0.100. The van der Waals surface area contributed by atoms with Crippen LogP contribution in [0.25, 0.3) is 10.9 Å². The Hall–Kier alpha value is -1.61. The number of amides is 1. The van der Waals surface area contributed by atoms with Crippen LogP contribution in [0.5, 0.6) is 0 Å². The van der Waals surface area contributed by atoms with Gasteiger partial charge in [0.2, 0.25) is 5.91 Å². The molecule has 0 spiro atoms. The maximum absolute atomic E-state index is 11.2. The Morgan fingerprint density at radius 3 is 2.61 bits per heavy atom. The van der Waals surface area contributed by atoms with Crippen LogP contribution in [0.2, 0.25) is 5.02 Å². The molecule has 1 aromatic carbocycles. The molecule has 2 rings (SSSR count). The molecule has 0 aliphatic rings. The van der Waals surface area contributed by atoms with Crippen LogP contribution in [0, 0.1) is 0 Å². The van der Waals surface area contributed by atoms with Crippen molar-refractivity contribution in [3.05, 3.63) is 40.0 Å². The number of halogens is 1. The zero-order chi connectivity index (χ0) is 13.3. The summed E-state index contributed by atoms with van der Waals surface area (Å²) in [6.07, 6.45) is 1.67. The van der Waals surface area contributed by atoms with Crippen LogP contribution >= 0.6 is 11.6 Å². The minimum absolute atomic E-state index is 0.451. The second-order valence-corrected chi connectivity index (χ2v) is 4.53. The summed E-state index contributed by atoms with van der Waals surface area (Å²) in [4.78, 5) is 15.7. The van der Waals surface area contributed by atoms with Crippen molar-refractivity contribution in [3.8, 4) is 0 Å². The largest absolute Gasteiger partial charge is 0.366 e. The number of benzene rings is 1. The molecule has 0 aliphatic carbocycles. The quantitative estimate of drug-likeness (QED) is 0.924. The molecule has 0 fully saturated rings. The van der Waals surface area contributed by atoms with E-state index < -0.39 is 5.91 Å². The fraction of sp³-hybridized carbons (Fsp3) is 0.286. The molecule has 0 bridgehead atoms. The number of carbonyl (C=O) groups excluding carboxylic acids is 1. The third-order valence-corrected chi connectivity index (χ3v) is 3.51. The van der Waals surface area contributed by atoms with Gasteiger partial charge < -0.3 is 5.73 Å². The van der Waals surface area contributed by atoms with Crippen molar-refractivity contribution in [1.29, 1.82) is 0 Å². The van der Waals surface area contributed by atoms with Crippen molar-refractivity contribution < 1.29 is 4.79 Å². The third kappa shape index (κ3) is 2.06. The van der Waals surface area contributed by atoms with Crippen LogP contribution in [0.1, 0.15) is 35.5 Å². The van der Waals surface area contributed by atoms with Crippen molar-refractivity contribution in [3.63, 3.8) is 0 Å². The number of rotatable bonds is 3. The maximum atomic E-state index is 11.2. The first kappa shape index (κ1) is 12.8. The van der Waals surface area contributed by atoms with Gasteiger partial charge in [-0.1, -0.05) is 31.5 Å². The molecular weight excluding hydrogens is 248 g/mol. The number of pyridine rings is 1. The van der Waals surface area contributed by atoms with E-state index in [0.717, 1.165) is 40.0 Å². The van der Waals surface area contributed by atoms with Gasteiger partial charge in [-0.3, -0.25) is 9.78 Å². The van der Waals surface area contributed by atoms with Gasteiger partial charge in [-0.2, -0.15) is 0 Å². The van der Waals surface area contributed by atoms with Gasteiger partial charge in [0.25, 0.3) is 0 Å². The second-order valence-electron chi connectivity index (χ2n) is 4.15. The minimum atomic E-state index is -0.451. The van der Waals surface area contributed by atoms with E-state index in [1.165, 1.54) is 0 Å². The SMILES string of the molecule is CCc1nc2cc(C(N)=O)ccc2c(Cl)c1CC. The zero-order valence-corrected chi connectivity index (χ0v) is 11.2. The number of nitrogens with two attached hydrogens (primary N) is 1. The van der Waals surface area contributed by atoms with Crippen molar-refractivity contribution in [2.75, 3.05) is 0 Å². The van der Waals surface area contributed by atoms with Crippen LogP contribution in [-0.4, -0.2) is 10.9 Å². The van der Waals surface area contributed by atoms with Crippen molar-refractivity contribution in [2.24, 2.45) is 5.73 Å². The van der Waals surface area contributed by atoms with E-state index in [1.807, 2.05) is 13.0 Å². The van der Waals surface area contributed by atoms with Crippen LogP contribution in [0.15, 0.2) is 18.2 Å². The lowest BCUT2D eigenvalue weighted by atomic mass is 10.0. The second kappa shape index (κ2) is 4.94. The van der Waals surface area contributed by atoms with E-state index in [4.69, 9.17) is 17.3 Å². The lowest BCUT2D eigenvalue weighted by Crippen LogP contribution is -2.10. The number of hydrogen-bond acceptors (Lipinski definition) is 2. The summed E-state index contributed by atoms with van der Waals surface area (Å²) >= 11 is 6.40. The van der Waals surface area contributed by atoms with E-state index >= 15 is 0 Å². The molecule has 0 radical (unpaired) electrons. The molecule has 2 aromatic rings. The smallest absolute Gasteiger partial charge is 0.248 e. The van der Waals surface area contributed by atoms with E-state index in [-0.39, 0.29) is 0 Å². The van der Waals surface area contributed by atoms with Crippen LogP contribution in [0.4, 0.5) is 0 Å². The van der Waals surface area contributed by atoms with Crippen LogP contribution < -0.4 is 5.73 Å². The molecule has 1 amide bonds. The van der Waals surface area contributed by atoms with Gasteiger partial charge >= 0.3 is 0 Å². The summed E-state index contributed by atoms with van der Waals surface area (Å²) in [6.45, 7) is 4.10. The summed E-state index contributed by atoms with van der Waals surface area (Å²) in [7, 11) is 0. The minimum Gasteiger partial charge on any atom is -0.366 e. The van der Waals surface area contributed by atoms with E-state index in [1.54, 1.807) is 12.1 Å². The molecule has 0 saturated carbocycles. The van der Waals surface area contributed by atoms with E-state index in [9.17, 15) is 4.79 Å². The molecule has 4 heteroatoms. The molecule has 3 nitrogen and oxygen atoms in total. The Morgan fingerprint density at radius 2 is 2.06 bits per heavy atom. The number of primary amides is 1. The Bertz CT molecular complexity index is 623. The Balaban J connectivity index is 2.77. The molecule has 0 aliphatic heterocycles. The molecule has 0 unspecified atom stereocenters. The average molecular weight is 263 g/mol. The summed E-state index contributed by atoms with van der Waals surface area (Å²) in [5.41, 5.74) is 8.52. The van der Waals surface area contributed by atoms with Gasteiger partial charge in [-0.25, -0.2) is 0 Å². The van der Waals surface area contributed by atoms with E-state index in [0.29, 0.717) is 5.56 Å². The van der Waals surface area contributed by atoms with Gasteiger partial charge in [-0.05, 0) is 30.5 Å². The van der Waals surface area contributed by atoms with Gasteiger partial charge in [0, 0.05) is 16.6 Å². The lowest BCUT2D eigenvalue weighted by Gasteiger charge is -2.11. The number of aromatic nitrogens is 1. The molecule has 2 N–H and O–H groups in total. The molecule has 18 heavy (non-hydrogen) atoms. The molecule has 0 saturated heterocycles. The van der Waals surface area contributed by atoms with E-state index in [2.05, 4.69) is 11.9 Å². The Kier molecular flexibility index (Phi) is 3.53. The van der Waals surface area contributed by atoms with Gasteiger partial charge in [-0.15, -0.1) is 0 Å². The monoisotopic (exact) mass is 262 g/mol. The van der Waals surface area contributed by atoms with Crippen LogP contribution in [0.3, 0.4) is 0 Å². The molecule has 0 atom stereocenters. The first-order valence-corrected chi connectivity index (χ1v) is 6.37. The fourth-order valence-electron chi connectivity index (χ4n) is 2.12. The average Bonchev–Trinajstić information content (AvgIpc) is 2.37. The number of aryl methyl sites for hydroxylation is 1. The standard InChI is InChI=1S/C14H15ClN2O/c1-3-9-11(4-2)17-12-7-8(14(16)18)5-6-10(12)13(9)15/h5-7H,3-4H2,1-2H3,(H2,16,18). The Morgan fingerprint density at radius 1 is 1.33 bits per heavy atom. The number of carbonyl (C=O) groups is 1. The predicted octanol–water partition coefficient (Wildman–Crippen LogP) is 3.11. The van der Waals surface area contributed by atoms with Crippen molar-refractivity contribution >= 4 is 28.4 Å². The van der Waals surface area contributed by atoms with Crippen molar-refractivity contribution in [1.82, 2.24) is 4.98 Å². The normalized spacial score (nSPS) is 10.8. The zero-order valence-electron chi connectivity index (χ0n) is 10.5. The Labute approximate surface area is 111 Å². The number of fused-ring (bicyclic) bond motifs is 1. The highest BCUT2D eigenvalue weighted by molar-refractivity contribution is 6.36. The molecular formula is C14H15ClN2O. The first-order valence-electron chi connectivity index (χ1n) is 5.99. The third-order valence-electron chi connectivity index (χ3n) is 3.08. The summed E-state index contributed by atoms with van der Waals surface area (Å²) in [6, 6.07) is 5.19. The summed E-state index contributed by atoms with van der Waals surface area (Å²) in [5, 5.41) is 1.60. The predicted molar refractivity (Wildman–Crippen MR) is 74.0 cm³/mol. The highest BCUT2D eigenvalue weighted by Crippen LogP contribution is 2.29. The van der Waals surface area contributed by atoms with Crippen molar-refractivity contribution in [2.45, 2.75) is 26.7 Å². The van der Waals surface area contributed by atoms with Gasteiger partial charge in [0.15, 0.2) is 0 Å². The molecule has 94 valence electrons. The number of nitrogens with zero attached hydrogens (tertiary/aromatic N) is 1. The first-order chi connectivity index (χ1) is 8.58. The van der Waals surface area contributed by atoms with Gasteiger partial charge in [0.05, 0.1) is 10.5 Å². The highest BCUT2D eigenvalue weighted by atomic mass is 35.5. The highest BCUT2D eigenvalue weighted by Gasteiger charge is 2.12. The van der Waals surface area contributed by atoms with Crippen LogP contribution in [-0.2, 0) is 12.8 Å². The summed E-state index contributed by atoms with van der Waals surface area (Å²) < 4.78 is 0. The fourth-order valence-corrected chi connectivity index (χ4v) is 2.52. The topological polar surface area (TPSA) is 56.0 Å². The van der Waals surface area contributed by atoms with Gasteiger partial charge in [0.1, 0.15) is 0 Å². The number of hydrogen-bond donors (Lipinski definition) is 1.